The van der Waals surface area contributed by atoms with Crippen LogP contribution in [0.2, 0.25) is 0 Å². The van der Waals surface area contributed by atoms with E-state index in [2.05, 4.69) is 11.2 Å². The summed E-state index contributed by atoms with van der Waals surface area (Å²) in [6.07, 6.45) is 5.03. The normalized spacial score (nSPS) is 11.4. The molecule has 1 atom stereocenters. The molecule has 1 amide bonds. The van der Waals surface area contributed by atoms with Gasteiger partial charge in [-0.15, -0.1) is 12.3 Å². The molecule has 1 aromatic rings. The van der Waals surface area contributed by atoms with Crippen LogP contribution in [0.3, 0.4) is 0 Å². The maximum atomic E-state index is 11.9. The lowest BCUT2D eigenvalue weighted by atomic mass is 10.1. The Kier molecular flexibility index (Phi) is 4.50. The number of aryl methyl sites for hydroxylation is 2. The highest BCUT2D eigenvalue weighted by Crippen LogP contribution is 2.09. The second kappa shape index (κ2) is 5.87. The first-order valence-corrected chi connectivity index (χ1v) is 5.49. The van der Waals surface area contributed by atoms with Gasteiger partial charge in [-0.05, 0) is 26.0 Å². The number of nitrogens with one attached hydrogen (secondary N) is 1. The maximum absolute atomic E-state index is 11.9. The minimum Gasteiger partial charge on any atom is -0.480 e. The van der Waals surface area contributed by atoms with E-state index in [-0.39, 0.29) is 6.42 Å². The van der Waals surface area contributed by atoms with Gasteiger partial charge in [0.15, 0.2) is 0 Å². The molecule has 94 valence electrons. The minimum atomic E-state index is -1.13. The van der Waals surface area contributed by atoms with Crippen molar-refractivity contribution in [2.45, 2.75) is 26.3 Å². The number of hydrogen-bond donors (Lipinski definition) is 2. The van der Waals surface area contributed by atoms with Gasteiger partial charge in [0, 0.05) is 12.0 Å². The van der Waals surface area contributed by atoms with Gasteiger partial charge in [0.2, 0.25) is 0 Å². The van der Waals surface area contributed by atoms with Crippen molar-refractivity contribution in [3.05, 3.63) is 34.9 Å². The number of carbonyl (C=O) groups excluding carboxylic acids is 1. The molecule has 0 aliphatic heterocycles. The zero-order valence-corrected chi connectivity index (χ0v) is 10.4. The average Bonchev–Trinajstić information content (AvgIpc) is 2.26. The number of carboxylic acids is 1. The molecular formula is C14H15NO3. The van der Waals surface area contributed by atoms with Crippen LogP contribution in [-0.2, 0) is 4.79 Å². The summed E-state index contributed by atoms with van der Waals surface area (Å²) in [5, 5.41) is 11.3. The van der Waals surface area contributed by atoms with Crippen LogP contribution in [0.15, 0.2) is 18.2 Å². The summed E-state index contributed by atoms with van der Waals surface area (Å²) in [5.41, 5.74) is 2.34. The topological polar surface area (TPSA) is 66.4 Å². The van der Waals surface area contributed by atoms with Crippen molar-refractivity contribution in [1.29, 1.82) is 0 Å². The summed E-state index contributed by atoms with van der Waals surface area (Å²) >= 11 is 0. The minimum absolute atomic E-state index is 0.0358. The number of terminal acetylenes is 1. The predicted octanol–water partition coefficient (Wildman–Crippen LogP) is 1.51. The molecule has 0 aliphatic rings. The lowest BCUT2D eigenvalue weighted by molar-refractivity contribution is -0.139. The van der Waals surface area contributed by atoms with Gasteiger partial charge in [-0.25, -0.2) is 4.79 Å². The Morgan fingerprint density at radius 2 is 1.89 bits per heavy atom. The van der Waals surface area contributed by atoms with Gasteiger partial charge in [0.1, 0.15) is 6.04 Å². The first-order valence-electron chi connectivity index (χ1n) is 5.49. The first-order chi connectivity index (χ1) is 8.43. The third-order valence-electron chi connectivity index (χ3n) is 2.41. The molecule has 0 spiro atoms. The summed E-state index contributed by atoms with van der Waals surface area (Å²) in [7, 11) is 0. The van der Waals surface area contributed by atoms with Gasteiger partial charge in [-0.3, -0.25) is 4.79 Å². The Balaban J connectivity index is 2.87. The molecule has 18 heavy (non-hydrogen) atoms. The zero-order valence-electron chi connectivity index (χ0n) is 10.4. The maximum Gasteiger partial charge on any atom is 0.327 e. The van der Waals surface area contributed by atoms with Crippen molar-refractivity contribution in [2.24, 2.45) is 0 Å². The van der Waals surface area contributed by atoms with Gasteiger partial charge >= 0.3 is 5.97 Å². The standard InChI is InChI=1S/C14H15NO3/c1-4-5-12(14(17)18)15-13(16)11-7-9(2)6-10(3)8-11/h1,6-8,12H,5H2,2-3H3,(H,15,16)(H,17,18). The first kappa shape index (κ1) is 13.8. The molecule has 0 saturated heterocycles. The Morgan fingerprint density at radius 1 is 1.33 bits per heavy atom. The van der Waals surface area contributed by atoms with Gasteiger partial charge in [0.05, 0.1) is 0 Å². The van der Waals surface area contributed by atoms with E-state index in [9.17, 15) is 9.59 Å². The average molecular weight is 245 g/mol. The highest BCUT2D eigenvalue weighted by atomic mass is 16.4. The van der Waals surface area contributed by atoms with E-state index in [4.69, 9.17) is 11.5 Å². The molecule has 4 nitrogen and oxygen atoms in total. The third-order valence-corrected chi connectivity index (χ3v) is 2.41. The van der Waals surface area contributed by atoms with Crippen LogP contribution in [0.1, 0.15) is 27.9 Å². The molecule has 0 saturated carbocycles. The Hall–Kier alpha value is -2.28. The number of amides is 1. The lowest BCUT2D eigenvalue weighted by Crippen LogP contribution is -2.40. The zero-order chi connectivity index (χ0) is 13.7. The van der Waals surface area contributed by atoms with Crippen LogP contribution < -0.4 is 5.32 Å². The highest BCUT2D eigenvalue weighted by molar-refractivity contribution is 5.97. The molecular weight excluding hydrogens is 230 g/mol. The van der Waals surface area contributed by atoms with Crippen LogP contribution in [-0.4, -0.2) is 23.0 Å². The summed E-state index contributed by atoms with van der Waals surface area (Å²) in [6.45, 7) is 3.75. The fourth-order valence-corrected chi connectivity index (χ4v) is 1.67. The molecule has 4 heteroatoms. The largest absolute Gasteiger partial charge is 0.480 e. The Bertz CT molecular complexity index is 494. The lowest BCUT2D eigenvalue weighted by Gasteiger charge is -2.12. The predicted molar refractivity (Wildman–Crippen MR) is 68.3 cm³/mol. The van der Waals surface area contributed by atoms with Crippen LogP contribution in [0.5, 0.6) is 0 Å². The van der Waals surface area contributed by atoms with Gasteiger partial charge in [-0.2, -0.15) is 0 Å². The number of hydrogen-bond acceptors (Lipinski definition) is 2. The van der Waals surface area contributed by atoms with E-state index in [0.717, 1.165) is 11.1 Å². The van der Waals surface area contributed by atoms with Crippen LogP contribution in [0.25, 0.3) is 0 Å². The van der Waals surface area contributed by atoms with Crippen molar-refractivity contribution < 1.29 is 14.7 Å². The fraction of sp³-hybridized carbons (Fsp3) is 0.286. The number of carboxylic acid groups (broad SMARTS) is 1. The van der Waals surface area contributed by atoms with Crippen molar-refractivity contribution >= 4 is 11.9 Å². The van der Waals surface area contributed by atoms with Gasteiger partial charge < -0.3 is 10.4 Å². The van der Waals surface area contributed by atoms with Crippen LogP contribution in [0.4, 0.5) is 0 Å². The van der Waals surface area contributed by atoms with Gasteiger partial charge in [-0.1, -0.05) is 17.2 Å². The molecule has 0 heterocycles. The molecule has 1 rings (SSSR count). The second-order valence-corrected chi connectivity index (χ2v) is 4.15. The van der Waals surface area contributed by atoms with E-state index in [0.29, 0.717) is 5.56 Å². The summed E-state index contributed by atoms with van der Waals surface area (Å²) < 4.78 is 0. The number of carbonyl (C=O) groups is 2. The van der Waals surface area contributed by atoms with E-state index >= 15 is 0 Å². The van der Waals surface area contributed by atoms with Crippen molar-refractivity contribution in [3.63, 3.8) is 0 Å². The van der Waals surface area contributed by atoms with E-state index in [1.54, 1.807) is 12.1 Å². The Labute approximate surface area is 106 Å². The molecule has 0 aliphatic carbocycles. The van der Waals surface area contributed by atoms with Crippen LogP contribution in [0, 0.1) is 26.2 Å². The summed E-state index contributed by atoms with van der Waals surface area (Å²) in [4.78, 5) is 22.8. The SMILES string of the molecule is C#CCC(NC(=O)c1cc(C)cc(C)c1)C(=O)O. The van der Waals surface area contributed by atoms with Gasteiger partial charge in [0.25, 0.3) is 5.91 Å². The molecule has 1 unspecified atom stereocenters. The molecule has 0 aromatic heterocycles. The smallest absolute Gasteiger partial charge is 0.327 e. The summed E-state index contributed by atoms with van der Waals surface area (Å²) in [5.74, 6) is 0.673. The summed E-state index contributed by atoms with van der Waals surface area (Å²) in [6, 6.07) is 4.30. The van der Waals surface area contributed by atoms with Crippen molar-refractivity contribution in [2.75, 3.05) is 0 Å². The molecule has 2 N–H and O–H groups in total. The third kappa shape index (κ3) is 3.63. The van der Waals surface area contributed by atoms with Crippen LogP contribution >= 0.6 is 0 Å². The molecule has 0 radical (unpaired) electrons. The Morgan fingerprint density at radius 3 is 2.33 bits per heavy atom. The molecule has 0 fully saturated rings. The number of aliphatic carboxylic acids is 1. The monoisotopic (exact) mass is 245 g/mol. The number of rotatable bonds is 4. The number of benzene rings is 1. The van der Waals surface area contributed by atoms with E-state index in [1.165, 1.54) is 0 Å². The quantitative estimate of drug-likeness (QED) is 0.790. The fourth-order valence-electron chi connectivity index (χ4n) is 1.67. The van der Waals surface area contributed by atoms with E-state index in [1.807, 2.05) is 19.9 Å². The molecule has 0 bridgehead atoms. The van der Waals surface area contributed by atoms with Crippen molar-refractivity contribution in [1.82, 2.24) is 5.32 Å². The van der Waals surface area contributed by atoms with E-state index < -0.39 is 17.9 Å². The molecule has 1 aromatic carbocycles. The second-order valence-electron chi connectivity index (χ2n) is 4.15. The highest BCUT2D eigenvalue weighted by Gasteiger charge is 2.19. The van der Waals surface area contributed by atoms with Crippen molar-refractivity contribution in [3.8, 4) is 12.3 Å².